The van der Waals surface area contributed by atoms with Crippen LogP contribution in [0.25, 0.3) is 0 Å². The molecule has 23 heavy (non-hydrogen) atoms. The molecule has 2 aromatic rings. The third-order valence-electron chi connectivity index (χ3n) is 2.90. The third-order valence-corrected chi connectivity index (χ3v) is 2.90. The Morgan fingerprint density at radius 3 is 2.43 bits per heavy atom. The minimum Gasteiger partial charge on any atom is -0.493 e. The fourth-order valence-corrected chi connectivity index (χ4v) is 1.79. The molecular formula is C16H14FNO5. The molecule has 0 fully saturated rings. The Morgan fingerprint density at radius 2 is 1.83 bits per heavy atom. The number of carboxylic acids is 1. The number of carbonyl (C=O) groups is 2. The highest BCUT2D eigenvalue weighted by Crippen LogP contribution is 2.28. The normalized spacial score (nSPS) is 10.0. The van der Waals surface area contributed by atoms with Crippen molar-refractivity contribution in [3.05, 3.63) is 53.8 Å². The number of methoxy groups -OCH3 is 1. The van der Waals surface area contributed by atoms with Gasteiger partial charge in [-0.15, -0.1) is 0 Å². The Balaban J connectivity index is 1.98. The van der Waals surface area contributed by atoms with Gasteiger partial charge in [-0.2, -0.15) is 0 Å². The number of nitrogens with one attached hydrogen (secondary N) is 1. The second-order valence-corrected chi connectivity index (χ2v) is 4.51. The molecule has 0 radical (unpaired) electrons. The SMILES string of the molecule is COc1cc(C(=O)O)ccc1OCC(=O)Nc1ccc(F)cc1. The largest absolute Gasteiger partial charge is 0.493 e. The summed E-state index contributed by atoms with van der Waals surface area (Å²) in [7, 11) is 1.37. The lowest BCUT2D eigenvalue weighted by Gasteiger charge is -2.11. The van der Waals surface area contributed by atoms with Crippen molar-refractivity contribution >= 4 is 17.6 Å². The van der Waals surface area contributed by atoms with Crippen molar-refractivity contribution in [2.75, 3.05) is 19.0 Å². The second-order valence-electron chi connectivity index (χ2n) is 4.51. The van der Waals surface area contributed by atoms with Crippen LogP contribution in [0.4, 0.5) is 10.1 Å². The summed E-state index contributed by atoms with van der Waals surface area (Å²) < 4.78 is 23.1. The zero-order valence-corrected chi connectivity index (χ0v) is 12.2. The maximum Gasteiger partial charge on any atom is 0.335 e. The highest BCUT2D eigenvalue weighted by atomic mass is 19.1. The summed E-state index contributed by atoms with van der Waals surface area (Å²) in [6.07, 6.45) is 0. The van der Waals surface area contributed by atoms with Crippen LogP contribution in [0.1, 0.15) is 10.4 Å². The van der Waals surface area contributed by atoms with Crippen molar-refractivity contribution in [1.82, 2.24) is 0 Å². The van der Waals surface area contributed by atoms with Gasteiger partial charge in [0.15, 0.2) is 18.1 Å². The number of aromatic carboxylic acids is 1. The van der Waals surface area contributed by atoms with Crippen molar-refractivity contribution in [3.8, 4) is 11.5 Å². The van der Waals surface area contributed by atoms with Crippen LogP contribution in [0, 0.1) is 5.82 Å². The molecule has 2 N–H and O–H groups in total. The Kier molecular flexibility index (Phi) is 5.14. The number of hydrogen-bond donors (Lipinski definition) is 2. The van der Waals surface area contributed by atoms with Gasteiger partial charge in [0.25, 0.3) is 5.91 Å². The van der Waals surface area contributed by atoms with E-state index in [0.29, 0.717) is 5.69 Å². The van der Waals surface area contributed by atoms with E-state index in [1.807, 2.05) is 0 Å². The molecule has 0 spiro atoms. The van der Waals surface area contributed by atoms with Gasteiger partial charge in [0.1, 0.15) is 5.82 Å². The zero-order chi connectivity index (χ0) is 16.8. The van der Waals surface area contributed by atoms with Crippen LogP contribution in [-0.2, 0) is 4.79 Å². The van der Waals surface area contributed by atoms with Gasteiger partial charge < -0.3 is 19.9 Å². The van der Waals surface area contributed by atoms with E-state index >= 15 is 0 Å². The average Bonchev–Trinajstić information content (AvgIpc) is 2.54. The van der Waals surface area contributed by atoms with Crippen LogP contribution in [0.15, 0.2) is 42.5 Å². The van der Waals surface area contributed by atoms with Gasteiger partial charge in [0, 0.05) is 5.69 Å². The molecule has 0 aliphatic heterocycles. The van der Waals surface area contributed by atoms with Crippen molar-refractivity contribution < 1.29 is 28.6 Å². The number of amides is 1. The molecule has 6 nitrogen and oxygen atoms in total. The summed E-state index contributed by atoms with van der Waals surface area (Å²) in [6, 6.07) is 9.36. The molecular weight excluding hydrogens is 305 g/mol. The van der Waals surface area contributed by atoms with Crippen LogP contribution in [0.3, 0.4) is 0 Å². The molecule has 2 rings (SSSR count). The maximum absolute atomic E-state index is 12.8. The Bertz CT molecular complexity index is 715. The first-order valence-corrected chi connectivity index (χ1v) is 6.59. The van der Waals surface area contributed by atoms with E-state index in [0.717, 1.165) is 0 Å². The first-order valence-electron chi connectivity index (χ1n) is 6.59. The number of hydrogen-bond acceptors (Lipinski definition) is 4. The monoisotopic (exact) mass is 319 g/mol. The molecule has 0 atom stereocenters. The van der Waals surface area contributed by atoms with E-state index in [9.17, 15) is 14.0 Å². The zero-order valence-electron chi connectivity index (χ0n) is 12.2. The lowest BCUT2D eigenvalue weighted by molar-refractivity contribution is -0.118. The summed E-state index contributed by atoms with van der Waals surface area (Å²) in [5, 5.41) is 11.5. The van der Waals surface area contributed by atoms with E-state index < -0.39 is 17.7 Å². The third kappa shape index (κ3) is 4.44. The molecule has 1 amide bonds. The number of halogens is 1. The quantitative estimate of drug-likeness (QED) is 0.855. The highest BCUT2D eigenvalue weighted by Gasteiger charge is 2.11. The van der Waals surface area contributed by atoms with Gasteiger partial charge in [0.05, 0.1) is 12.7 Å². The smallest absolute Gasteiger partial charge is 0.335 e. The fraction of sp³-hybridized carbons (Fsp3) is 0.125. The Morgan fingerprint density at radius 1 is 1.13 bits per heavy atom. The van der Waals surface area contributed by atoms with Gasteiger partial charge in [-0.25, -0.2) is 9.18 Å². The van der Waals surface area contributed by atoms with Crippen LogP contribution < -0.4 is 14.8 Å². The highest BCUT2D eigenvalue weighted by molar-refractivity contribution is 5.92. The average molecular weight is 319 g/mol. The standard InChI is InChI=1S/C16H14FNO5/c1-22-14-8-10(16(20)21)2-7-13(14)23-9-15(19)18-12-5-3-11(17)4-6-12/h2-8H,9H2,1H3,(H,18,19)(H,20,21). The van der Waals surface area contributed by atoms with Crippen molar-refractivity contribution in [2.24, 2.45) is 0 Å². The van der Waals surface area contributed by atoms with Gasteiger partial charge in [-0.1, -0.05) is 0 Å². The summed E-state index contributed by atoms with van der Waals surface area (Å²) in [6.45, 7) is -0.305. The van der Waals surface area contributed by atoms with Gasteiger partial charge in [0.2, 0.25) is 0 Å². The molecule has 0 aliphatic carbocycles. The summed E-state index contributed by atoms with van der Waals surface area (Å²) in [5.41, 5.74) is 0.484. The molecule has 120 valence electrons. The number of anilines is 1. The molecule has 7 heteroatoms. The molecule has 2 aromatic carbocycles. The predicted molar refractivity (Wildman–Crippen MR) is 80.5 cm³/mol. The van der Waals surface area contributed by atoms with Crippen molar-refractivity contribution in [1.29, 1.82) is 0 Å². The fourth-order valence-electron chi connectivity index (χ4n) is 1.79. The topological polar surface area (TPSA) is 84.9 Å². The van der Waals surface area contributed by atoms with Crippen LogP contribution in [0.5, 0.6) is 11.5 Å². The Labute approximate surface area is 131 Å². The molecule has 0 bridgehead atoms. The van der Waals surface area contributed by atoms with Gasteiger partial charge in [-0.05, 0) is 42.5 Å². The molecule has 0 aromatic heterocycles. The van der Waals surface area contributed by atoms with Gasteiger partial charge >= 0.3 is 5.97 Å². The first-order chi connectivity index (χ1) is 11.0. The minimum absolute atomic E-state index is 0.0463. The van der Waals surface area contributed by atoms with E-state index in [1.165, 1.54) is 49.6 Å². The summed E-state index contributed by atoms with van der Waals surface area (Å²) >= 11 is 0. The maximum atomic E-state index is 12.8. The number of carbonyl (C=O) groups excluding carboxylic acids is 1. The molecule has 0 aliphatic rings. The van der Waals surface area contributed by atoms with E-state index in [2.05, 4.69) is 5.32 Å². The van der Waals surface area contributed by atoms with Crippen molar-refractivity contribution in [2.45, 2.75) is 0 Å². The van der Waals surface area contributed by atoms with Crippen molar-refractivity contribution in [3.63, 3.8) is 0 Å². The number of benzene rings is 2. The van der Waals surface area contributed by atoms with Gasteiger partial charge in [-0.3, -0.25) is 4.79 Å². The first kappa shape index (κ1) is 16.3. The van der Waals surface area contributed by atoms with E-state index in [4.69, 9.17) is 14.6 Å². The molecule has 0 saturated heterocycles. The second kappa shape index (κ2) is 7.26. The van der Waals surface area contributed by atoms with E-state index in [1.54, 1.807) is 0 Å². The van der Waals surface area contributed by atoms with Crippen LogP contribution >= 0.6 is 0 Å². The van der Waals surface area contributed by atoms with Crippen LogP contribution in [-0.4, -0.2) is 30.7 Å². The lowest BCUT2D eigenvalue weighted by atomic mass is 10.2. The van der Waals surface area contributed by atoms with Crippen LogP contribution in [0.2, 0.25) is 0 Å². The number of rotatable bonds is 6. The minimum atomic E-state index is -1.09. The predicted octanol–water partition coefficient (Wildman–Crippen LogP) is 2.55. The van der Waals surface area contributed by atoms with E-state index in [-0.39, 0.29) is 23.7 Å². The summed E-state index contributed by atoms with van der Waals surface area (Å²) in [4.78, 5) is 22.7. The lowest BCUT2D eigenvalue weighted by Crippen LogP contribution is -2.20. The molecule has 0 heterocycles. The summed E-state index contributed by atoms with van der Waals surface area (Å²) in [5.74, 6) is -1.49. The molecule has 0 unspecified atom stereocenters. The molecule has 0 saturated carbocycles. The number of carboxylic acid groups (broad SMARTS) is 1. The number of ether oxygens (including phenoxy) is 2. The Hall–Kier alpha value is -3.09.